The van der Waals surface area contributed by atoms with E-state index in [4.69, 9.17) is 9.47 Å². The van der Waals surface area contributed by atoms with Crippen LogP contribution < -0.4 is 14.8 Å². The Bertz CT molecular complexity index is 916. The fourth-order valence-corrected chi connectivity index (χ4v) is 4.00. The number of hydrogen-bond donors (Lipinski definition) is 2. The molecule has 2 N–H and O–H groups in total. The van der Waals surface area contributed by atoms with Crippen LogP contribution >= 0.6 is 0 Å². The van der Waals surface area contributed by atoms with Crippen LogP contribution in [0.15, 0.2) is 42.5 Å². The third kappa shape index (κ3) is 5.78. The van der Waals surface area contributed by atoms with Crippen molar-refractivity contribution in [2.45, 2.75) is 52.0 Å². The molecule has 0 unspecified atom stereocenters. The molecule has 0 radical (unpaired) electrons. The molecule has 2 aromatic carbocycles. The summed E-state index contributed by atoms with van der Waals surface area (Å²) >= 11 is 0. The number of esters is 1. The summed E-state index contributed by atoms with van der Waals surface area (Å²) < 4.78 is 10.8. The Balaban J connectivity index is 1.49. The minimum atomic E-state index is -0.205. The van der Waals surface area contributed by atoms with Crippen LogP contribution in [0.4, 0.5) is 0 Å². The van der Waals surface area contributed by atoms with Crippen LogP contribution in [0, 0.1) is 11.8 Å². The molecule has 0 spiro atoms. The summed E-state index contributed by atoms with van der Waals surface area (Å²) in [6, 6.07) is 12.7. The predicted octanol–water partition coefficient (Wildman–Crippen LogP) is 4.55. The Morgan fingerprint density at radius 2 is 1.71 bits per heavy atom. The normalized spacial score (nSPS) is 18.5. The molecule has 0 saturated heterocycles. The molecule has 3 rings (SSSR count). The number of benzene rings is 2. The van der Waals surface area contributed by atoms with Crippen molar-refractivity contribution in [1.29, 1.82) is 0 Å². The van der Waals surface area contributed by atoms with Gasteiger partial charge in [0, 0.05) is 12.5 Å². The van der Waals surface area contributed by atoms with E-state index in [0.29, 0.717) is 43.7 Å². The maximum Gasteiger partial charge on any atom is 0.314 e. The number of aromatic hydroxyl groups is 1. The number of hydrogen-bond acceptors (Lipinski definition) is 5. The SMILES string of the molecule is COc1cc(CNC(=O)C2CCC(C(=O)Oc3ccccc3C(C)C)CC2)ccc1O. The van der Waals surface area contributed by atoms with E-state index in [9.17, 15) is 14.7 Å². The average molecular weight is 426 g/mol. The van der Waals surface area contributed by atoms with E-state index in [2.05, 4.69) is 19.2 Å². The Kier molecular flexibility index (Phi) is 7.55. The minimum Gasteiger partial charge on any atom is -0.504 e. The van der Waals surface area contributed by atoms with E-state index in [1.807, 2.05) is 24.3 Å². The van der Waals surface area contributed by atoms with Crippen molar-refractivity contribution in [1.82, 2.24) is 5.32 Å². The van der Waals surface area contributed by atoms with Crippen LogP contribution in [-0.2, 0) is 16.1 Å². The maximum absolute atomic E-state index is 12.7. The van der Waals surface area contributed by atoms with Gasteiger partial charge in [-0.25, -0.2) is 0 Å². The Labute approximate surface area is 183 Å². The number of rotatable bonds is 7. The van der Waals surface area contributed by atoms with Crippen LogP contribution in [-0.4, -0.2) is 24.1 Å². The molecule has 6 nitrogen and oxygen atoms in total. The second kappa shape index (κ2) is 10.3. The number of ether oxygens (including phenoxy) is 2. The lowest BCUT2D eigenvalue weighted by atomic mass is 9.81. The van der Waals surface area contributed by atoms with Gasteiger partial charge in [-0.3, -0.25) is 9.59 Å². The molecule has 1 aliphatic carbocycles. The smallest absolute Gasteiger partial charge is 0.314 e. The Morgan fingerprint density at radius 1 is 1.03 bits per heavy atom. The van der Waals surface area contributed by atoms with Crippen molar-refractivity contribution in [2.75, 3.05) is 7.11 Å². The van der Waals surface area contributed by atoms with Crippen molar-refractivity contribution < 1.29 is 24.2 Å². The summed E-state index contributed by atoms with van der Waals surface area (Å²) in [6.07, 6.45) is 2.62. The highest BCUT2D eigenvalue weighted by molar-refractivity contribution is 5.80. The van der Waals surface area contributed by atoms with Crippen LogP contribution in [0.2, 0.25) is 0 Å². The summed E-state index contributed by atoms with van der Waals surface area (Å²) in [5.41, 5.74) is 1.87. The number of methoxy groups -OCH3 is 1. The summed E-state index contributed by atoms with van der Waals surface area (Å²) in [4.78, 5) is 25.2. The Hall–Kier alpha value is -3.02. The number of para-hydroxylation sites is 1. The van der Waals surface area contributed by atoms with Gasteiger partial charge in [0.2, 0.25) is 5.91 Å². The fraction of sp³-hybridized carbons (Fsp3) is 0.440. The van der Waals surface area contributed by atoms with E-state index in [1.54, 1.807) is 18.2 Å². The molecule has 1 amide bonds. The molecular weight excluding hydrogens is 394 g/mol. The van der Waals surface area contributed by atoms with E-state index in [-0.39, 0.29) is 35.4 Å². The van der Waals surface area contributed by atoms with Crippen molar-refractivity contribution in [3.05, 3.63) is 53.6 Å². The molecule has 166 valence electrons. The lowest BCUT2D eigenvalue weighted by molar-refractivity contribution is -0.141. The molecule has 0 aliphatic heterocycles. The quantitative estimate of drug-likeness (QED) is 0.502. The van der Waals surface area contributed by atoms with Crippen molar-refractivity contribution >= 4 is 11.9 Å². The van der Waals surface area contributed by atoms with Gasteiger partial charge in [-0.1, -0.05) is 38.1 Å². The van der Waals surface area contributed by atoms with Crippen molar-refractivity contribution in [2.24, 2.45) is 11.8 Å². The zero-order valence-corrected chi connectivity index (χ0v) is 18.4. The van der Waals surface area contributed by atoms with Gasteiger partial charge in [0.1, 0.15) is 5.75 Å². The van der Waals surface area contributed by atoms with Crippen LogP contribution in [0.25, 0.3) is 0 Å². The molecule has 0 bridgehead atoms. The standard InChI is InChI=1S/C25H31NO5/c1-16(2)20-6-4-5-7-22(20)31-25(29)19-11-9-18(10-12-19)24(28)26-15-17-8-13-21(27)23(14-17)30-3/h4-8,13-14,16,18-19,27H,9-12,15H2,1-3H3,(H,26,28). The second-order valence-electron chi connectivity index (χ2n) is 8.39. The van der Waals surface area contributed by atoms with E-state index < -0.39 is 0 Å². The minimum absolute atomic E-state index is 0.0102. The number of carbonyl (C=O) groups is 2. The first-order chi connectivity index (χ1) is 14.9. The van der Waals surface area contributed by atoms with E-state index in [0.717, 1.165) is 11.1 Å². The number of amides is 1. The first-order valence-corrected chi connectivity index (χ1v) is 10.8. The van der Waals surface area contributed by atoms with Gasteiger partial charge in [-0.15, -0.1) is 0 Å². The van der Waals surface area contributed by atoms with Gasteiger partial charge >= 0.3 is 5.97 Å². The summed E-state index contributed by atoms with van der Waals surface area (Å²) in [7, 11) is 1.49. The Morgan fingerprint density at radius 3 is 2.39 bits per heavy atom. The number of nitrogens with one attached hydrogen (secondary N) is 1. The predicted molar refractivity (Wildman–Crippen MR) is 118 cm³/mol. The van der Waals surface area contributed by atoms with Crippen LogP contribution in [0.3, 0.4) is 0 Å². The van der Waals surface area contributed by atoms with Gasteiger partial charge in [0.15, 0.2) is 11.5 Å². The zero-order chi connectivity index (χ0) is 22.4. The van der Waals surface area contributed by atoms with Gasteiger partial charge in [-0.2, -0.15) is 0 Å². The molecule has 0 heterocycles. The molecule has 1 aliphatic rings. The summed E-state index contributed by atoms with van der Waals surface area (Å²) in [5.74, 6) is 0.857. The molecule has 6 heteroatoms. The molecule has 31 heavy (non-hydrogen) atoms. The third-order valence-electron chi connectivity index (χ3n) is 5.89. The largest absolute Gasteiger partial charge is 0.504 e. The number of carbonyl (C=O) groups excluding carboxylic acids is 2. The highest BCUT2D eigenvalue weighted by Gasteiger charge is 2.31. The first kappa shape index (κ1) is 22.7. The van der Waals surface area contributed by atoms with Crippen molar-refractivity contribution in [3.8, 4) is 17.2 Å². The van der Waals surface area contributed by atoms with Crippen LogP contribution in [0.5, 0.6) is 17.2 Å². The second-order valence-corrected chi connectivity index (χ2v) is 8.39. The molecule has 0 atom stereocenters. The lowest BCUT2D eigenvalue weighted by Gasteiger charge is -2.27. The van der Waals surface area contributed by atoms with Crippen molar-refractivity contribution in [3.63, 3.8) is 0 Å². The fourth-order valence-electron chi connectivity index (χ4n) is 4.00. The maximum atomic E-state index is 12.7. The summed E-state index contributed by atoms with van der Waals surface area (Å²) in [5, 5.41) is 12.6. The number of phenolic OH excluding ortho intramolecular Hbond substituents is 1. The van der Waals surface area contributed by atoms with Gasteiger partial charge in [0.05, 0.1) is 13.0 Å². The monoisotopic (exact) mass is 425 g/mol. The van der Waals surface area contributed by atoms with E-state index in [1.165, 1.54) is 7.11 Å². The summed E-state index contributed by atoms with van der Waals surface area (Å²) in [6.45, 7) is 4.51. The van der Waals surface area contributed by atoms with Gasteiger partial charge < -0.3 is 19.9 Å². The van der Waals surface area contributed by atoms with Gasteiger partial charge in [-0.05, 0) is 60.9 Å². The number of phenols is 1. The molecule has 2 aromatic rings. The first-order valence-electron chi connectivity index (χ1n) is 10.8. The van der Waals surface area contributed by atoms with Gasteiger partial charge in [0.25, 0.3) is 0 Å². The lowest BCUT2D eigenvalue weighted by Crippen LogP contribution is -2.35. The highest BCUT2D eigenvalue weighted by atomic mass is 16.5. The molecular formula is C25H31NO5. The average Bonchev–Trinajstić information content (AvgIpc) is 2.78. The topological polar surface area (TPSA) is 84.9 Å². The third-order valence-corrected chi connectivity index (χ3v) is 5.89. The molecule has 1 fully saturated rings. The molecule has 1 saturated carbocycles. The highest BCUT2D eigenvalue weighted by Crippen LogP contribution is 2.32. The zero-order valence-electron chi connectivity index (χ0n) is 18.4. The van der Waals surface area contributed by atoms with Crippen LogP contribution in [0.1, 0.15) is 56.6 Å². The van der Waals surface area contributed by atoms with E-state index >= 15 is 0 Å². The molecule has 0 aromatic heterocycles.